The maximum atomic E-state index is 12.3. The number of anilines is 2. The van der Waals surface area contributed by atoms with Crippen LogP contribution in [-0.4, -0.2) is 42.5 Å². The monoisotopic (exact) mass is 305 g/mol. The predicted molar refractivity (Wildman–Crippen MR) is 81.5 cm³/mol. The lowest BCUT2D eigenvalue weighted by Gasteiger charge is -2.22. The summed E-state index contributed by atoms with van der Waals surface area (Å²) in [6.07, 6.45) is 0.871. The first kappa shape index (κ1) is 15.8. The molecule has 1 aliphatic heterocycles. The molecule has 0 aliphatic carbocycles. The summed E-state index contributed by atoms with van der Waals surface area (Å²) in [6, 6.07) is 6.31. The van der Waals surface area contributed by atoms with Crippen LogP contribution in [0.4, 0.5) is 16.2 Å². The van der Waals surface area contributed by atoms with E-state index in [1.807, 2.05) is 0 Å². The second-order valence-electron chi connectivity index (χ2n) is 5.07. The first-order valence-electron chi connectivity index (χ1n) is 7.04. The quantitative estimate of drug-likeness (QED) is 0.891. The summed E-state index contributed by atoms with van der Waals surface area (Å²) in [7, 11) is 1.30. The van der Waals surface area contributed by atoms with E-state index in [0.717, 1.165) is 6.42 Å². The Morgan fingerprint density at radius 3 is 2.55 bits per heavy atom. The minimum Gasteiger partial charge on any atom is -0.453 e. The van der Waals surface area contributed by atoms with Crippen LogP contribution in [0.3, 0.4) is 0 Å². The van der Waals surface area contributed by atoms with Crippen LogP contribution in [0.5, 0.6) is 0 Å². The highest BCUT2D eigenvalue weighted by Crippen LogP contribution is 2.21. The fourth-order valence-corrected chi connectivity index (χ4v) is 2.48. The van der Waals surface area contributed by atoms with E-state index in [1.54, 1.807) is 24.3 Å². The van der Waals surface area contributed by atoms with Crippen LogP contribution in [0.25, 0.3) is 0 Å². The highest BCUT2D eigenvalue weighted by atomic mass is 16.5. The minimum atomic E-state index is -0.531. The number of amides is 3. The van der Waals surface area contributed by atoms with Crippen molar-refractivity contribution in [3.63, 3.8) is 0 Å². The standard InChI is InChI=1S/C15H19N3O4/c1-10(19)16-11-5-3-6-12(9-11)17-14(20)13-7-4-8-18(13)15(21)22-2/h3,5-6,9,13H,4,7-8H2,1-2H3,(H,16,19)(H,17,20). The number of nitrogens with zero attached hydrogens (tertiary/aromatic N) is 1. The van der Waals surface area contributed by atoms with Crippen LogP contribution in [0.15, 0.2) is 24.3 Å². The summed E-state index contributed by atoms with van der Waals surface area (Å²) in [4.78, 5) is 36.4. The molecular formula is C15H19N3O4. The van der Waals surface area contributed by atoms with Crippen molar-refractivity contribution in [1.29, 1.82) is 0 Å². The van der Waals surface area contributed by atoms with Crippen molar-refractivity contribution >= 4 is 29.3 Å². The molecule has 22 heavy (non-hydrogen) atoms. The largest absolute Gasteiger partial charge is 0.453 e. The van der Waals surface area contributed by atoms with Gasteiger partial charge in [0, 0.05) is 24.8 Å². The van der Waals surface area contributed by atoms with Gasteiger partial charge in [0.05, 0.1) is 7.11 Å². The van der Waals surface area contributed by atoms with Gasteiger partial charge in [0.15, 0.2) is 0 Å². The number of nitrogens with one attached hydrogen (secondary N) is 2. The highest BCUT2D eigenvalue weighted by Gasteiger charge is 2.34. The minimum absolute atomic E-state index is 0.184. The number of likely N-dealkylation sites (tertiary alicyclic amines) is 1. The molecule has 7 nitrogen and oxygen atoms in total. The number of rotatable bonds is 3. The third kappa shape index (κ3) is 3.75. The van der Waals surface area contributed by atoms with Crippen LogP contribution in [0, 0.1) is 0 Å². The fraction of sp³-hybridized carbons (Fsp3) is 0.400. The number of methoxy groups -OCH3 is 1. The molecule has 118 valence electrons. The molecule has 0 saturated carbocycles. The maximum absolute atomic E-state index is 12.3. The molecule has 0 spiro atoms. The summed E-state index contributed by atoms with van der Waals surface area (Å²) in [6.45, 7) is 1.93. The summed E-state index contributed by atoms with van der Waals surface area (Å²) < 4.78 is 4.69. The van der Waals surface area contributed by atoms with Gasteiger partial charge in [0.25, 0.3) is 0 Å². The molecule has 1 fully saturated rings. The molecule has 0 bridgehead atoms. The summed E-state index contributed by atoms with van der Waals surface area (Å²) >= 11 is 0. The van der Waals surface area contributed by atoms with Crippen molar-refractivity contribution in [3.8, 4) is 0 Å². The lowest BCUT2D eigenvalue weighted by molar-refractivity contribution is -0.120. The van der Waals surface area contributed by atoms with Crippen LogP contribution in [0.2, 0.25) is 0 Å². The average molecular weight is 305 g/mol. The molecule has 7 heteroatoms. The van der Waals surface area contributed by atoms with E-state index in [0.29, 0.717) is 24.3 Å². The molecule has 1 heterocycles. The van der Waals surface area contributed by atoms with Gasteiger partial charge in [-0.2, -0.15) is 0 Å². The third-order valence-electron chi connectivity index (χ3n) is 3.42. The molecule has 1 aromatic carbocycles. The molecule has 1 aliphatic rings. The topological polar surface area (TPSA) is 87.7 Å². The third-order valence-corrected chi connectivity index (χ3v) is 3.42. The van der Waals surface area contributed by atoms with Crippen molar-refractivity contribution < 1.29 is 19.1 Å². The van der Waals surface area contributed by atoms with E-state index < -0.39 is 12.1 Å². The van der Waals surface area contributed by atoms with Gasteiger partial charge in [-0.15, -0.1) is 0 Å². The van der Waals surface area contributed by atoms with Gasteiger partial charge in [-0.25, -0.2) is 4.79 Å². The number of carbonyl (C=O) groups excluding carboxylic acids is 3. The van der Waals surface area contributed by atoms with Crippen molar-refractivity contribution in [3.05, 3.63) is 24.3 Å². The molecule has 0 aromatic heterocycles. The van der Waals surface area contributed by atoms with Crippen molar-refractivity contribution in [2.45, 2.75) is 25.8 Å². The zero-order valence-corrected chi connectivity index (χ0v) is 12.6. The lowest BCUT2D eigenvalue weighted by Crippen LogP contribution is -2.43. The van der Waals surface area contributed by atoms with Crippen LogP contribution >= 0.6 is 0 Å². The Morgan fingerprint density at radius 1 is 1.23 bits per heavy atom. The van der Waals surface area contributed by atoms with Gasteiger partial charge < -0.3 is 15.4 Å². The van der Waals surface area contributed by atoms with E-state index in [4.69, 9.17) is 0 Å². The maximum Gasteiger partial charge on any atom is 0.410 e. The molecule has 1 atom stereocenters. The summed E-state index contributed by atoms with van der Waals surface area (Å²) in [5, 5.41) is 5.42. The van der Waals surface area contributed by atoms with E-state index in [1.165, 1.54) is 18.9 Å². The van der Waals surface area contributed by atoms with E-state index in [-0.39, 0.29) is 11.8 Å². The van der Waals surface area contributed by atoms with Crippen molar-refractivity contribution in [2.24, 2.45) is 0 Å². The smallest absolute Gasteiger partial charge is 0.410 e. The fourth-order valence-electron chi connectivity index (χ4n) is 2.48. The molecule has 2 N–H and O–H groups in total. The normalized spacial score (nSPS) is 17.0. The van der Waals surface area contributed by atoms with Gasteiger partial charge in [0.2, 0.25) is 11.8 Å². The van der Waals surface area contributed by atoms with Crippen molar-refractivity contribution in [1.82, 2.24) is 4.90 Å². The van der Waals surface area contributed by atoms with Crippen LogP contribution < -0.4 is 10.6 Å². The van der Waals surface area contributed by atoms with Gasteiger partial charge in [-0.1, -0.05) is 6.07 Å². The van der Waals surface area contributed by atoms with Gasteiger partial charge in [-0.05, 0) is 31.0 Å². The Labute approximate surface area is 128 Å². The Balaban J connectivity index is 2.05. The molecule has 2 rings (SSSR count). The first-order valence-corrected chi connectivity index (χ1v) is 7.04. The lowest BCUT2D eigenvalue weighted by atomic mass is 10.2. The highest BCUT2D eigenvalue weighted by molar-refractivity contribution is 5.97. The Bertz CT molecular complexity index is 588. The molecule has 3 amide bonds. The Kier molecular flexibility index (Phi) is 4.98. The number of hydrogen-bond acceptors (Lipinski definition) is 4. The average Bonchev–Trinajstić information content (AvgIpc) is 2.95. The van der Waals surface area contributed by atoms with E-state index in [2.05, 4.69) is 15.4 Å². The first-order chi connectivity index (χ1) is 10.5. The second kappa shape index (κ2) is 6.93. The summed E-state index contributed by atoms with van der Waals surface area (Å²) in [5.74, 6) is -0.445. The Morgan fingerprint density at radius 2 is 1.91 bits per heavy atom. The second-order valence-corrected chi connectivity index (χ2v) is 5.07. The molecule has 0 radical (unpaired) electrons. The SMILES string of the molecule is COC(=O)N1CCCC1C(=O)Nc1cccc(NC(C)=O)c1. The molecule has 1 saturated heterocycles. The van der Waals surface area contributed by atoms with E-state index >= 15 is 0 Å². The van der Waals surface area contributed by atoms with Gasteiger partial charge in [-0.3, -0.25) is 14.5 Å². The number of carbonyl (C=O) groups is 3. The molecule has 1 unspecified atom stereocenters. The number of ether oxygens (including phenoxy) is 1. The van der Waals surface area contributed by atoms with E-state index in [9.17, 15) is 14.4 Å². The van der Waals surface area contributed by atoms with Gasteiger partial charge in [0.1, 0.15) is 6.04 Å². The zero-order valence-electron chi connectivity index (χ0n) is 12.6. The molecule has 1 aromatic rings. The van der Waals surface area contributed by atoms with Gasteiger partial charge >= 0.3 is 6.09 Å². The Hall–Kier alpha value is -2.57. The summed E-state index contributed by atoms with van der Waals surface area (Å²) in [5.41, 5.74) is 1.16. The molecular weight excluding hydrogens is 286 g/mol. The zero-order chi connectivity index (χ0) is 16.1. The number of hydrogen-bond donors (Lipinski definition) is 2. The van der Waals surface area contributed by atoms with Crippen LogP contribution in [0.1, 0.15) is 19.8 Å². The number of benzene rings is 1. The van der Waals surface area contributed by atoms with Crippen molar-refractivity contribution in [2.75, 3.05) is 24.3 Å². The van der Waals surface area contributed by atoms with Crippen LogP contribution in [-0.2, 0) is 14.3 Å². The predicted octanol–water partition coefficient (Wildman–Crippen LogP) is 1.81.